The molecule has 0 aromatic heterocycles. The van der Waals surface area contributed by atoms with Gasteiger partial charge in [0.1, 0.15) is 0 Å². The summed E-state index contributed by atoms with van der Waals surface area (Å²) in [6, 6.07) is 1.73. The van der Waals surface area contributed by atoms with Crippen LogP contribution in [0.25, 0.3) is 0 Å². The number of likely N-dealkylation sites (tertiary alicyclic amines) is 1. The largest absolute Gasteiger partial charge is 0.314 e. The van der Waals surface area contributed by atoms with Crippen LogP contribution in [0, 0.1) is 0 Å². The third kappa shape index (κ3) is 1.57. The summed E-state index contributed by atoms with van der Waals surface area (Å²) in [5.74, 6) is 0. The molecule has 2 rings (SSSR count). The smallest absolute Gasteiger partial charge is 0.0107 e. The molecule has 0 aromatic carbocycles. The first-order chi connectivity index (χ1) is 5.36. The monoisotopic (exact) mass is 154 g/mol. The minimum Gasteiger partial charge on any atom is -0.314 e. The zero-order valence-electron chi connectivity index (χ0n) is 7.34. The van der Waals surface area contributed by atoms with Crippen LogP contribution < -0.4 is 5.32 Å². The summed E-state index contributed by atoms with van der Waals surface area (Å²) >= 11 is 0. The molecule has 0 spiro atoms. The quantitative estimate of drug-likeness (QED) is 0.634. The summed E-state index contributed by atoms with van der Waals surface area (Å²) in [7, 11) is 2.26. The van der Waals surface area contributed by atoms with Crippen molar-refractivity contribution in [2.45, 2.75) is 37.8 Å². The maximum Gasteiger partial charge on any atom is 0.0107 e. The van der Waals surface area contributed by atoms with Gasteiger partial charge >= 0.3 is 0 Å². The highest BCUT2D eigenvalue weighted by Crippen LogP contribution is 2.21. The van der Waals surface area contributed by atoms with Crippen molar-refractivity contribution in [2.24, 2.45) is 0 Å². The highest BCUT2D eigenvalue weighted by molar-refractivity contribution is 4.86. The van der Waals surface area contributed by atoms with Crippen molar-refractivity contribution in [3.63, 3.8) is 0 Å². The third-order valence-electron chi connectivity index (χ3n) is 3.15. The zero-order chi connectivity index (χ0) is 7.68. The molecule has 2 atom stereocenters. The summed E-state index contributed by atoms with van der Waals surface area (Å²) in [6.45, 7) is 2.57. The molecule has 2 fully saturated rings. The highest BCUT2D eigenvalue weighted by atomic mass is 15.2. The summed E-state index contributed by atoms with van der Waals surface area (Å²) in [4.78, 5) is 2.51. The van der Waals surface area contributed by atoms with E-state index in [9.17, 15) is 0 Å². The first-order valence-electron chi connectivity index (χ1n) is 4.80. The van der Waals surface area contributed by atoms with Gasteiger partial charge in [0.05, 0.1) is 0 Å². The molecule has 0 aliphatic carbocycles. The van der Waals surface area contributed by atoms with E-state index in [2.05, 4.69) is 17.3 Å². The molecule has 2 aliphatic rings. The van der Waals surface area contributed by atoms with Gasteiger partial charge in [-0.3, -0.25) is 0 Å². The second-order valence-corrected chi connectivity index (χ2v) is 3.95. The molecule has 0 bridgehead atoms. The highest BCUT2D eigenvalue weighted by Gasteiger charge is 2.26. The summed E-state index contributed by atoms with van der Waals surface area (Å²) < 4.78 is 0. The molecule has 2 heterocycles. The molecule has 2 aliphatic heterocycles. The maximum atomic E-state index is 3.47. The molecule has 2 unspecified atom stereocenters. The van der Waals surface area contributed by atoms with E-state index in [0.29, 0.717) is 0 Å². The lowest BCUT2D eigenvalue weighted by Crippen LogP contribution is -2.46. The van der Waals surface area contributed by atoms with Crippen LogP contribution >= 0.6 is 0 Å². The predicted octanol–water partition coefficient (Wildman–Crippen LogP) is 0.833. The first kappa shape index (κ1) is 7.56. The Kier molecular flexibility index (Phi) is 2.14. The predicted molar refractivity (Wildman–Crippen MR) is 46.7 cm³/mol. The van der Waals surface area contributed by atoms with Gasteiger partial charge in [0.25, 0.3) is 0 Å². The number of rotatable bonds is 2. The number of hydrogen-bond donors (Lipinski definition) is 1. The number of nitrogens with one attached hydrogen (secondary N) is 1. The molecule has 0 aromatic rings. The lowest BCUT2D eigenvalue weighted by molar-refractivity contribution is 0.236. The van der Waals surface area contributed by atoms with Gasteiger partial charge in [-0.05, 0) is 45.8 Å². The van der Waals surface area contributed by atoms with Crippen molar-refractivity contribution in [3.05, 3.63) is 0 Å². The van der Waals surface area contributed by atoms with Crippen molar-refractivity contribution < 1.29 is 0 Å². The normalized spacial score (nSPS) is 39.0. The van der Waals surface area contributed by atoms with E-state index in [1.54, 1.807) is 0 Å². The van der Waals surface area contributed by atoms with Gasteiger partial charge in [0.15, 0.2) is 0 Å². The van der Waals surface area contributed by atoms with Crippen LogP contribution in [0.5, 0.6) is 0 Å². The summed E-state index contributed by atoms with van der Waals surface area (Å²) in [5.41, 5.74) is 0. The Hall–Kier alpha value is -0.0800. The van der Waals surface area contributed by atoms with Gasteiger partial charge in [-0.2, -0.15) is 0 Å². The minimum absolute atomic E-state index is 0.848. The topological polar surface area (TPSA) is 15.3 Å². The molecule has 2 saturated heterocycles. The van der Waals surface area contributed by atoms with Crippen molar-refractivity contribution in [1.82, 2.24) is 10.2 Å². The van der Waals surface area contributed by atoms with Gasteiger partial charge in [-0.1, -0.05) is 0 Å². The Morgan fingerprint density at radius 3 is 2.73 bits per heavy atom. The Morgan fingerprint density at radius 2 is 2.27 bits per heavy atom. The second kappa shape index (κ2) is 3.11. The zero-order valence-corrected chi connectivity index (χ0v) is 7.34. The van der Waals surface area contributed by atoms with Crippen LogP contribution in [0.2, 0.25) is 0 Å². The van der Waals surface area contributed by atoms with Crippen LogP contribution in [0.3, 0.4) is 0 Å². The van der Waals surface area contributed by atoms with Crippen LogP contribution in [0.4, 0.5) is 0 Å². The van der Waals surface area contributed by atoms with Gasteiger partial charge in [0.2, 0.25) is 0 Å². The minimum atomic E-state index is 0.848. The van der Waals surface area contributed by atoms with E-state index in [0.717, 1.165) is 12.1 Å². The molecule has 0 radical (unpaired) electrons. The lowest BCUT2D eigenvalue weighted by atomic mass is 9.97. The summed E-state index contributed by atoms with van der Waals surface area (Å²) in [5, 5.41) is 3.47. The Morgan fingerprint density at radius 1 is 1.45 bits per heavy atom. The maximum absolute atomic E-state index is 3.47. The second-order valence-electron chi connectivity index (χ2n) is 3.95. The molecule has 11 heavy (non-hydrogen) atoms. The van der Waals surface area contributed by atoms with E-state index in [4.69, 9.17) is 0 Å². The van der Waals surface area contributed by atoms with E-state index in [-0.39, 0.29) is 0 Å². The molecule has 0 saturated carbocycles. The fourth-order valence-electron chi connectivity index (χ4n) is 2.16. The fourth-order valence-corrected chi connectivity index (χ4v) is 2.16. The van der Waals surface area contributed by atoms with E-state index in [1.807, 2.05) is 0 Å². The van der Waals surface area contributed by atoms with Crippen molar-refractivity contribution in [1.29, 1.82) is 0 Å². The molecular weight excluding hydrogens is 136 g/mol. The van der Waals surface area contributed by atoms with Crippen LogP contribution in [-0.4, -0.2) is 37.1 Å². The van der Waals surface area contributed by atoms with Gasteiger partial charge in [-0.25, -0.2) is 0 Å². The van der Waals surface area contributed by atoms with Crippen LogP contribution in [0.15, 0.2) is 0 Å². The molecule has 64 valence electrons. The summed E-state index contributed by atoms with van der Waals surface area (Å²) in [6.07, 6.45) is 5.63. The van der Waals surface area contributed by atoms with Gasteiger partial charge in [0, 0.05) is 12.1 Å². The van der Waals surface area contributed by atoms with Crippen molar-refractivity contribution in [2.75, 3.05) is 20.1 Å². The van der Waals surface area contributed by atoms with Crippen LogP contribution in [0.1, 0.15) is 25.7 Å². The van der Waals surface area contributed by atoms with Crippen molar-refractivity contribution in [3.8, 4) is 0 Å². The van der Waals surface area contributed by atoms with E-state index < -0.39 is 0 Å². The third-order valence-corrected chi connectivity index (χ3v) is 3.15. The van der Waals surface area contributed by atoms with Crippen molar-refractivity contribution >= 4 is 0 Å². The molecule has 2 nitrogen and oxygen atoms in total. The molecular formula is C9H18N2. The number of nitrogens with zero attached hydrogens (tertiary/aromatic N) is 1. The fraction of sp³-hybridized carbons (Fsp3) is 1.00. The van der Waals surface area contributed by atoms with E-state index in [1.165, 1.54) is 38.8 Å². The SMILES string of the molecule is CN1CCCC1CC1CCN1. The van der Waals surface area contributed by atoms with E-state index >= 15 is 0 Å². The number of hydrogen-bond acceptors (Lipinski definition) is 2. The Labute approximate surface area is 69.0 Å². The van der Waals surface area contributed by atoms with Gasteiger partial charge in [-0.15, -0.1) is 0 Å². The lowest BCUT2D eigenvalue weighted by Gasteiger charge is -2.32. The molecule has 1 N–H and O–H groups in total. The standard InChI is InChI=1S/C9H18N2/c1-11-6-2-3-9(11)7-8-4-5-10-8/h8-10H,2-7H2,1H3. The van der Waals surface area contributed by atoms with Crippen LogP contribution in [-0.2, 0) is 0 Å². The van der Waals surface area contributed by atoms with Gasteiger partial charge < -0.3 is 10.2 Å². The Balaban J connectivity index is 1.75. The Bertz CT molecular complexity index is 132. The molecule has 0 amide bonds. The first-order valence-corrected chi connectivity index (χ1v) is 4.80. The average molecular weight is 154 g/mol. The molecule has 2 heteroatoms. The average Bonchev–Trinajstić information content (AvgIpc) is 2.27.